The standard InChI is InChI=1S/C11H8NO/c1-2-5-10(6-3-1)13-11-7-4-8-12-9-11/h2-9H. The zero-order valence-corrected chi connectivity index (χ0v) is 6.97. The number of benzene rings is 1. The molecule has 0 saturated carbocycles. The van der Waals surface area contributed by atoms with Crippen molar-refractivity contribution in [2.75, 3.05) is 0 Å². The molecule has 0 aliphatic carbocycles. The van der Waals surface area contributed by atoms with Crippen molar-refractivity contribution in [2.24, 2.45) is 0 Å². The fourth-order valence-electron chi connectivity index (χ4n) is 0.983. The molecule has 0 atom stereocenters. The van der Waals surface area contributed by atoms with Gasteiger partial charge in [-0.05, 0) is 30.3 Å². The molecule has 2 nitrogen and oxygen atoms in total. The molecule has 0 bridgehead atoms. The molecule has 0 N–H and O–H groups in total. The van der Waals surface area contributed by atoms with Crippen molar-refractivity contribution in [2.45, 2.75) is 0 Å². The SMILES string of the molecule is [c]1ccc(Oc2cccnc2)cc1. The molecule has 0 fully saturated rings. The van der Waals surface area contributed by atoms with Gasteiger partial charge >= 0.3 is 0 Å². The van der Waals surface area contributed by atoms with E-state index < -0.39 is 0 Å². The molecule has 0 unspecified atom stereocenters. The Kier molecular flexibility index (Phi) is 2.23. The molecule has 1 aromatic heterocycles. The molecule has 0 aliphatic rings. The lowest BCUT2D eigenvalue weighted by molar-refractivity contribution is 0.480. The van der Waals surface area contributed by atoms with E-state index in [0.29, 0.717) is 0 Å². The van der Waals surface area contributed by atoms with Gasteiger partial charge in [0.2, 0.25) is 0 Å². The summed E-state index contributed by atoms with van der Waals surface area (Å²) in [5.74, 6) is 1.54. The second kappa shape index (κ2) is 3.72. The van der Waals surface area contributed by atoms with Gasteiger partial charge in [-0.3, -0.25) is 4.98 Å². The van der Waals surface area contributed by atoms with Crippen molar-refractivity contribution in [3.8, 4) is 11.5 Å². The number of pyridine rings is 1. The summed E-state index contributed by atoms with van der Waals surface area (Å²) >= 11 is 0. The van der Waals surface area contributed by atoms with E-state index in [9.17, 15) is 0 Å². The van der Waals surface area contributed by atoms with Crippen LogP contribution in [0, 0.1) is 6.07 Å². The summed E-state index contributed by atoms with van der Waals surface area (Å²) in [6.45, 7) is 0. The summed E-state index contributed by atoms with van der Waals surface area (Å²) in [7, 11) is 0. The van der Waals surface area contributed by atoms with Crippen LogP contribution in [-0.2, 0) is 0 Å². The van der Waals surface area contributed by atoms with Crippen molar-refractivity contribution in [3.63, 3.8) is 0 Å². The molecule has 2 rings (SSSR count). The van der Waals surface area contributed by atoms with E-state index in [-0.39, 0.29) is 0 Å². The fraction of sp³-hybridized carbons (Fsp3) is 0. The Labute approximate surface area is 76.8 Å². The molecular formula is C11H8NO. The van der Waals surface area contributed by atoms with Gasteiger partial charge in [0.1, 0.15) is 11.5 Å². The average Bonchev–Trinajstić information content (AvgIpc) is 2.21. The highest BCUT2D eigenvalue weighted by Gasteiger charge is 1.93. The first-order valence-electron chi connectivity index (χ1n) is 3.99. The molecule has 13 heavy (non-hydrogen) atoms. The van der Waals surface area contributed by atoms with Crippen LogP contribution in [0.15, 0.2) is 48.8 Å². The highest BCUT2D eigenvalue weighted by molar-refractivity contribution is 5.27. The van der Waals surface area contributed by atoms with E-state index in [1.165, 1.54) is 0 Å². The van der Waals surface area contributed by atoms with Crippen LogP contribution in [-0.4, -0.2) is 4.98 Å². The molecule has 0 spiro atoms. The lowest BCUT2D eigenvalue weighted by atomic mass is 10.3. The number of aromatic nitrogens is 1. The van der Waals surface area contributed by atoms with Gasteiger partial charge in [0.05, 0.1) is 6.20 Å². The van der Waals surface area contributed by atoms with E-state index in [1.54, 1.807) is 12.4 Å². The van der Waals surface area contributed by atoms with Crippen LogP contribution in [0.5, 0.6) is 11.5 Å². The van der Waals surface area contributed by atoms with Gasteiger partial charge in [-0.25, -0.2) is 0 Å². The van der Waals surface area contributed by atoms with Crippen molar-refractivity contribution in [3.05, 3.63) is 54.9 Å². The molecule has 0 amide bonds. The van der Waals surface area contributed by atoms with Gasteiger partial charge in [0, 0.05) is 6.20 Å². The first kappa shape index (κ1) is 7.80. The number of ether oxygens (including phenoxy) is 1. The zero-order chi connectivity index (χ0) is 8.93. The van der Waals surface area contributed by atoms with Gasteiger partial charge in [0.15, 0.2) is 0 Å². The van der Waals surface area contributed by atoms with Crippen LogP contribution >= 0.6 is 0 Å². The maximum Gasteiger partial charge on any atom is 0.145 e. The summed E-state index contributed by atoms with van der Waals surface area (Å²) < 4.78 is 5.50. The topological polar surface area (TPSA) is 22.1 Å². The summed E-state index contributed by atoms with van der Waals surface area (Å²) in [6, 6.07) is 14.0. The van der Waals surface area contributed by atoms with Crippen molar-refractivity contribution < 1.29 is 4.74 Å². The normalized spacial score (nSPS) is 9.54. The summed E-state index contributed by atoms with van der Waals surface area (Å²) in [5.41, 5.74) is 0. The summed E-state index contributed by atoms with van der Waals surface area (Å²) in [5, 5.41) is 0. The third-order valence-corrected chi connectivity index (χ3v) is 1.56. The van der Waals surface area contributed by atoms with E-state index in [4.69, 9.17) is 4.74 Å². The molecule has 0 aliphatic heterocycles. The maximum atomic E-state index is 5.50. The monoisotopic (exact) mass is 170 g/mol. The average molecular weight is 170 g/mol. The van der Waals surface area contributed by atoms with Crippen LogP contribution in [0.2, 0.25) is 0 Å². The van der Waals surface area contributed by atoms with E-state index >= 15 is 0 Å². The third-order valence-electron chi connectivity index (χ3n) is 1.56. The van der Waals surface area contributed by atoms with Crippen LogP contribution in [0.25, 0.3) is 0 Å². The quantitative estimate of drug-likeness (QED) is 0.691. The van der Waals surface area contributed by atoms with E-state index in [2.05, 4.69) is 11.1 Å². The zero-order valence-electron chi connectivity index (χ0n) is 6.97. The Balaban J connectivity index is 2.16. The Bertz CT molecular complexity index is 321. The first-order chi connectivity index (χ1) is 6.45. The van der Waals surface area contributed by atoms with Crippen molar-refractivity contribution in [1.29, 1.82) is 0 Å². The minimum Gasteiger partial charge on any atom is -0.456 e. The molecular weight excluding hydrogens is 162 g/mol. The van der Waals surface area contributed by atoms with Gasteiger partial charge in [-0.2, -0.15) is 0 Å². The number of hydrogen-bond acceptors (Lipinski definition) is 2. The van der Waals surface area contributed by atoms with Crippen LogP contribution in [0.4, 0.5) is 0 Å². The first-order valence-corrected chi connectivity index (χ1v) is 3.99. The fourth-order valence-corrected chi connectivity index (χ4v) is 0.983. The molecule has 0 saturated heterocycles. The molecule has 2 aromatic rings. The number of hydrogen-bond donors (Lipinski definition) is 0. The minimum absolute atomic E-state index is 0.744. The smallest absolute Gasteiger partial charge is 0.145 e. The number of rotatable bonds is 2. The van der Waals surface area contributed by atoms with E-state index in [0.717, 1.165) is 11.5 Å². The molecule has 1 aromatic carbocycles. The van der Waals surface area contributed by atoms with Crippen molar-refractivity contribution >= 4 is 0 Å². The minimum atomic E-state index is 0.744. The summed E-state index contributed by atoms with van der Waals surface area (Å²) in [6.07, 6.45) is 3.39. The van der Waals surface area contributed by atoms with Crippen LogP contribution in [0.1, 0.15) is 0 Å². The molecule has 63 valence electrons. The Morgan fingerprint density at radius 3 is 2.62 bits per heavy atom. The molecule has 2 heteroatoms. The predicted octanol–water partition coefficient (Wildman–Crippen LogP) is 2.67. The van der Waals surface area contributed by atoms with Crippen LogP contribution < -0.4 is 4.74 Å². The highest BCUT2D eigenvalue weighted by atomic mass is 16.5. The van der Waals surface area contributed by atoms with Gasteiger partial charge in [0.25, 0.3) is 0 Å². The number of nitrogens with zero attached hydrogens (tertiary/aromatic N) is 1. The Hall–Kier alpha value is -1.83. The Morgan fingerprint density at radius 1 is 1.08 bits per heavy atom. The largest absolute Gasteiger partial charge is 0.456 e. The lowest BCUT2D eigenvalue weighted by Gasteiger charge is -2.02. The second-order valence-corrected chi connectivity index (χ2v) is 2.53. The third kappa shape index (κ3) is 2.06. The maximum absolute atomic E-state index is 5.50. The molecule has 1 radical (unpaired) electrons. The summed E-state index contributed by atoms with van der Waals surface area (Å²) in [4.78, 5) is 3.95. The molecule has 1 heterocycles. The van der Waals surface area contributed by atoms with Crippen LogP contribution in [0.3, 0.4) is 0 Å². The van der Waals surface area contributed by atoms with Gasteiger partial charge in [-0.1, -0.05) is 12.1 Å². The van der Waals surface area contributed by atoms with Gasteiger partial charge < -0.3 is 4.74 Å². The Morgan fingerprint density at radius 2 is 1.92 bits per heavy atom. The van der Waals surface area contributed by atoms with Gasteiger partial charge in [-0.15, -0.1) is 0 Å². The van der Waals surface area contributed by atoms with E-state index in [1.807, 2.05) is 36.4 Å². The second-order valence-electron chi connectivity index (χ2n) is 2.53. The lowest BCUT2D eigenvalue weighted by Crippen LogP contribution is -1.83. The highest BCUT2D eigenvalue weighted by Crippen LogP contribution is 2.18. The van der Waals surface area contributed by atoms with Crippen molar-refractivity contribution in [1.82, 2.24) is 4.98 Å². The predicted molar refractivity (Wildman–Crippen MR) is 49.6 cm³/mol.